The Morgan fingerprint density at radius 2 is 1.50 bits per heavy atom. The highest BCUT2D eigenvalue weighted by Gasteiger charge is 2.24. The minimum absolute atomic E-state index is 0.0151. The normalized spacial score (nSPS) is 14.8. The summed E-state index contributed by atoms with van der Waals surface area (Å²) in [6, 6.07) is 7.42. The van der Waals surface area contributed by atoms with Gasteiger partial charge in [0.2, 0.25) is 5.91 Å². The summed E-state index contributed by atoms with van der Waals surface area (Å²) in [4.78, 5) is 38.0. The Morgan fingerprint density at radius 3 is 2.05 bits per heavy atom. The lowest BCUT2D eigenvalue weighted by molar-refractivity contribution is -0.141. The first kappa shape index (κ1) is 16.0. The quantitative estimate of drug-likeness (QED) is 0.905. The molecule has 0 saturated carbocycles. The number of carboxylic acids is 1. The van der Waals surface area contributed by atoms with Crippen LogP contribution in [0.4, 0.5) is 0 Å². The number of hydrogen-bond acceptors (Lipinski definition) is 3. The monoisotopic (exact) mass is 304 g/mol. The molecule has 1 aliphatic rings. The molecule has 0 aliphatic carbocycles. The third-order valence-corrected chi connectivity index (χ3v) is 3.77. The van der Waals surface area contributed by atoms with Crippen LogP contribution in [0.15, 0.2) is 24.3 Å². The van der Waals surface area contributed by atoms with Gasteiger partial charge in [0.05, 0.1) is 6.42 Å². The van der Waals surface area contributed by atoms with Gasteiger partial charge in [-0.05, 0) is 19.1 Å². The molecule has 0 radical (unpaired) electrons. The average Bonchev–Trinajstić information content (AvgIpc) is 2.53. The van der Waals surface area contributed by atoms with Crippen molar-refractivity contribution >= 4 is 17.8 Å². The van der Waals surface area contributed by atoms with Crippen molar-refractivity contribution in [2.75, 3.05) is 26.2 Å². The van der Waals surface area contributed by atoms with Gasteiger partial charge in [-0.15, -0.1) is 0 Å². The van der Waals surface area contributed by atoms with E-state index in [-0.39, 0.29) is 24.7 Å². The molecule has 1 aromatic rings. The van der Waals surface area contributed by atoms with E-state index in [2.05, 4.69) is 0 Å². The highest BCUT2D eigenvalue weighted by atomic mass is 16.4. The smallest absolute Gasteiger partial charge is 0.303 e. The number of benzene rings is 1. The van der Waals surface area contributed by atoms with Crippen molar-refractivity contribution in [1.29, 1.82) is 0 Å². The lowest BCUT2D eigenvalue weighted by atomic mass is 10.1. The number of amides is 2. The van der Waals surface area contributed by atoms with Crippen LogP contribution in [-0.4, -0.2) is 58.9 Å². The van der Waals surface area contributed by atoms with Gasteiger partial charge in [0.15, 0.2) is 0 Å². The van der Waals surface area contributed by atoms with Crippen LogP contribution < -0.4 is 0 Å². The van der Waals surface area contributed by atoms with E-state index in [0.29, 0.717) is 31.7 Å². The van der Waals surface area contributed by atoms with E-state index in [1.165, 1.54) is 0 Å². The molecule has 2 rings (SSSR count). The van der Waals surface area contributed by atoms with Crippen molar-refractivity contribution in [3.8, 4) is 0 Å². The second kappa shape index (κ2) is 7.06. The van der Waals surface area contributed by atoms with E-state index in [4.69, 9.17) is 5.11 Å². The highest BCUT2D eigenvalue weighted by molar-refractivity contribution is 5.94. The van der Waals surface area contributed by atoms with Crippen LogP contribution in [0.2, 0.25) is 0 Å². The summed E-state index contributed by atoms with van der Waals surface area (Å²) >= 11 is 0. The minimum Gasteiger partial charge on any atom is -0.481 e. The van der Waals surface area contributed by atoms with E-state index >= 15 is 0 Å². The number of carbonyl (C=O) groups excluding carboxylic acids is 2. The maximum atomic E-state index is 12.3. The predicted octanol–water partition coefficient (Wildman–Crippen LogP) is 1.14. The van der Waals surface area contributed by atoms with E-state index in [9.17, 15) is 14.4 Å². The van der Waals surface area contributed by atoms with Crippen molar-refractivity contribution in [2.24, 2.45) is 0 Å². The van der Waals surface area contributed by atoms with Crippen LogP contribution in [0, 0.1) is 6.92 Å². The molecule has 0 bridgehead atoms. The van der Waals surface area contributed by atoms with E-state index in [1.807, 2.05) is 31.2 Å². The molecular formula is C16H20N2O4. The molecule has 1 fully saturated rings. The fourth-order valence-corrected chi connectivity index (χ4v) is 2.41. The third kappa shape index (κ3) is 4.07. The van der Waals surface area contributed by atoms with Crippen LogP contribution in [0.1, 0.15) is 28.8 Å². The van der Waals surface area contributed by atoms with Gasteiger partial charge < -0.3 is 14.9 Å². The highest BCUT2D eigenvalue weighted by Crippen LogP contribution is 2.11. The fraction of sp³-hybridized carbons (Fsp3) is 0.438. The summed E-state index contributed by atoms with van der Waals surface area (Å²) in [5.41, 5.74) is 1.75. The summed E-state index contributed by atoms with van der Waals surface area (Å²) in [6.45, 7) is 3.83. The Bertz CT molecular complexity index is 560. The largest absolute Gasteiger partial charge is 0.481 e. The van der Waals surface area contributed by atoms with Crippen molar-refractivity contribution in [1.82, 2.24) is 9.80 Å². The molecule has 1 aromatic carbocycles. The molecule has 118 valence electrons. The molecule has 6 heteroatoms. The van der Waals surface area contributed by atoms with Crippen molar-refractivity contribution in [3.05, 3.63) is 35.4 Å². The van der Waals surface area contributed by atoms with Gasteiger partial charge >= 0.3 is 5.97 Å². The number of aliphatic carboxylic acids is 1. The number of aryl methyl sites for hydroxylation is 1. The molecule has 1 saturated heterocycles. The maximum absolute atomic E-state index is 12.3. The van der Waals surface area contributed by atoms with E-state index < -0.39 is 5.97 Å². The zero-order valence-electron chi connectivity index (χ0n) is 12.6. The van der Waals surface area contributed by atoms with E-state index in [1.54, 1.807) is 9.80 Å². The van der Waals surface area contributed by atoms with E-state index in [0.717, 1.165) is 5.56 Å². The van der Waals surface area contributed by atoms with Crippen LogP contribution in [-0.2, 0) is 9.59 Å². The lowest BCUT2D eigenvalue weighted by Crippen LogP contribution is -2.50. The van der Waals surface area contributed by atoms with Crippen molar-refractivity contribution in [3.63, 3.8) is 0 Å². The molecule has 0 atom stereocenters. The van der Waals surface area contributed by atoms with Gasteiger partial charge in [0, 0.05) is 38.2 Å². The summed E-state index contributed by atoms with van der Waals surface area (Å²) in [5, 5.41) is 8.60. The van der Waals surface area contributed by atoms with Gasteiger partial charge in [-0.3, -0.25) is 14.4 Å². The van der Waals surface area contributed by atoms with Gasteiger partial charge in [-0.25, -0.2) is 0 Å². The second-order valence-corrected chi connectivity index (χ2v) is 5.43. The molecule has 22 heavy (non-hydrogen) atoms. The Labute approximate surface area is 129 Å². The molecule has 0 aromatic heterocycles. The summed E-state index contributed by atoms with van der Waals surface area (Å²) in [6.07, 6.45) is -0.136. The number of hydrogen-bond donors (Lipinski definition) is 1. The van der Waals surface area contributed by atoms with Gasteiger partial charge in [-0.1, -0.05) is 17.7 Å². The molecule has 1 aliphatic heterocycles. The number of carbonyl (C=O) groups is 3. The van der Waals surface area contributed by atoms with Crippen LogP contribution >= 0.6 is 0 Å². The molecule has 0 spiro atoms. The fourth-order valence-electron chi connectivity index (χ4n) is 2.41. The molecule has 2 amide bonds. The molecule has 1 N–H and O–H groups in total. The predicted molar refractivity (Wildman–Crippen MR) is 80.5 cm³/mol. The SMILES string of the molecule is Cc1ccc(C(=O)N2CCN(C(=O)CCC(=O)O)CC2)cc1. The first-order chi connectivity index (χ1) is 10.5. The van der Waals surface area contributed by atoms with Gasteiger partial charge in [-0.2, -0.15) is 0 Å². The Kier molecular flexibility index (Phi) is 5.14. The molecule has 6 nitrogen and oxygen atoms in total. The number of nitrogens with zero attached hydrogens (tertiary/aromatic N) is 2. The number of carboxylic acid groups (broad SMARTS) is 1. The second-order valence-electron chi connectivity index (χ2n) is 5.43. The zero-order valence-corrected chi connectivity index (χ0v) is 12.6. The standard InChI is InChI=1S/C16H20N2O4/c1-12-2-4-13(5-3-12)16(22)18-10-8-17(9-11-18)14(19)6-7-15(20)21/h2-5H,6-11H2,1H3,(H,20,21). The molecule has 0 unspecified atom stereocenters. The van der Waals surface area contributed by atoms with Crippen LogP contribution in [0.25, 0.3) is 0 Å². The maximum Gasteiger partial charge on any atom is 0.303 e. The first-order valence-electron chi connectivity index (χ1n) is 7.33. The molecule has 1 heterocycles. The summed E-state index contributed by atoms with van der Waals surface area (Å²) < 4.78 is 0. The average molecular weight is 304 g/mol. The van der Waals surface area contributed by atoms with Crippen LogP contribution in [0.5, 0.6) is 0 Å². The number of rotatable bonds is 4. The Balaban J connectivity index is 1.86. The zero-order chi connectivity index (χ0) is 16.1. The topological polar surface area (TPSA) is 77.9 Å². The van der Waals surface area contributed by atoms with Crippen LogP contribution in [0.3, 0.4) is 0 Å². The Hall–Kier alpha value is -2.37. The lowest BCUT2D eigenvalue weighted by Gasteiger charge is -2.34. The third-order valence-electron chi connectivity index (χ3n) is 3.77. The minimum atomic E-state index is -0.971. The summed E-state index contributed by atoms with van der Waals surface area (Å²) in [5.74, 6) is -1.16. The molecular weight excluding hydrogens is 284 g/mol. The summed E-state index contributed by atoms with van der Waals surface area (Å²) in [7, 11) is 0. The Morgan fingerprint density at radius 1 is 0.955 bits per heavy atom. The van der Waals surface area contributed by atoms with Gasteiger partial charge in [0.25, 0.3) is 5.91 Å². The van der Waals surface area contributed by atoms with Crippen molar-refractivity contribution in [2.45, 2.75) is 19.8 Å². The van der Waals surface area contributed by atoms with Gasteiger partial charge in [0.1, 0.15) is 0 Å². The first-order valence-corrected chi connectivity index (χ1v) is 7.33. The number of piperazine rings is 1. The van der Waals surface area contributed by atoms with Crippen molar-refractivity contribution < 1.29 is 19.5 Å².